The second kappa shape index (κ2) is 5.58. The molecule has 1 N–H and O–H groups in total. The highest BCUT2D eigenvalue weighted by molar-refractivity contribution is 7.80. The summed E-state index contributed by atoms with van der Waals surface area (Å²) in [6.07, 6.45) is 3.28. The molecule has 0 spiro atoms. The van der Waals surface area contributed by atoms with Gasteiger partial charge in [-0.15, -0.1) is 0 Å². The summed E-state index contributed by atoms with van der Waals surface area (Å²) in [7, 11) is -3.29. The molecule has 0 saturated carbocycles. The minimum atomic E-state index is -4.16. The highest BCUT2D eigenvalue weighted by Crippen LogP contribution is 1.74. The maximum atomic E-state index is 9.33. The van der Waals surface area contributed by atoms with Crippen molar-refractivity contribution in [1.29, 1.82) is 0 Å². The zero-order valence-electron chi connectivity index (χ0n) is 6.28. The third-order valence-corrected chi connectivity index (χ3v) is 1.12. The maximum Gasteiger partial charge on any atom is 0.397 e. The van der Waals surface area contributed by atoms with Crippen molar-refractivity contribution in [2.45, 2.75) is 0 Å². The largest absolute Gasteiger partial charge is 0.397 e. The molecule has 0 radical (unpaired) electrons. The fourth-order valence-electron chi connectivity index (χ4n) is 0.253. The minimum Gasteiger partial charge on any atom is -0.264 e. The van der Waals surface area contributed by atoms with E-state index >= 15 is 0 Å². The van der Waals surface area contributed by atoms with Crippen LogP contribution >= 0.6 is 0 Å². The van der Waals surface area contributed by atoms with E-state index in [9.17, 15) is 8.42 Å². The molecule has 0 unspecified atom stereocenters. The van der Waals surface area contributed by atoms with Crippen LogP contribution in [0.3, 0.4) is 0 Å². The number of rotatable bonds is 1. The maximum absolute atomic E-state index is 9.33. The molecule has 7 heteroatoms. The number of hydrogen-bond acceptors (Lipinski definition) is 5. The van der Waals surface area contributed by atoms with Crippen LogP contribution in [-0.4, -0.2) is 30.3 Å². The number of hydrogen-bond donors (Lipinski definition) is 1. The third kappa shape index (κ3) is 8.95. The van der Waals surface area contributed by atoms with Crippen LogP contribution in [0.5, 0.6) is 0 Å². The van der Waals surface area contributed by atoms with Crippen LogP contribution < -0.4 is 0 Å². The monoisotopic (exact) mass is 192 g/mol. The lowest BCUT2D eigenvalue weighted by Gasteiger charge is -1.82. The van der Waals surface area contributed by atoms with E-state index in [0.717, 1.165) is 7.11 Å². The molecule has 12 heavy (non-hydrogen) atoms. The predicted molar refractivity (Wildman–Crippen MR) is 40.6 cm³/mol. The summed E-state index contributed by atoms with van der Waals surface area (Å²) in [6.45, 7) is 0. The first-order valence-corrected chi connectivity index (χ1v) is 4.17. The third-order valence-electron chi connectivity index (χ3n) is 0.694. The molecule has 0 fully saturated rings. The first-order chi connectivity index (χ1) is 5.56. The highest BCUT2D eigenvalue weighted by Gasteiger charge is 1.93. The van der Waals surface area contributed by atoms with E-state index in [1.807, 2.05) is 12.1 Å². The standard InChI is InChI=1S/C4H4N2.CH4O4S/c1-2-4-6-5-3-1;1-5-6(2,3)4/h1-4H;1H3,(H,2,3,4). The van der Waals surface area contributed by atoms with Gasteiger partial charge in [-0.05, 0) is 12.1 Å². The smallest absolute Gasteiger partial charge is 0.264 e. The summed E-state index contributed by atoms with van der Waals surface area (Å²) in [6, 6.07) is 3.65. The average molecular weight is 192 g/mol. The summed E-state index contributed by atoms with van der Waals surface area (Å²) >= 11 is 0. The second-order valence-electron chi connectivity index (χ2n) is 1.51. The summed E-state index contributed by atoms with van der Waals surface area (Å²) in [5.74, 6) is 0. The molecule has 6 nitrogen and oxygen atoms in total. The molecule has 0 amide bonds. The van der Waals surface area contributed by atoms with Gasteiger partial charge in [0.05, 0.1) is 7.11 Å². The van der Waals surface area contributed by atoms with Gasteiger partial charge in [0.1, 0.15) is 0 Å². The lowest BCUT2D eigenvalue weighted by molar-refractivity contribution is 0.324. The van der Waals surface area contributed by atoms with Gasteiger partial charge in [-0.1, -0.05) is 0 Å². The minimum absolute atomic E-state index is 0.870. The lowest BCUT2D eigenvalue weighted by Crippen LogP contribution is -1.96. The molecule has 68 valence electrons. The van der Waals surface area contributed by atoms with Crippen LogP contribution in [0.15, 0.2) is 24.5 Å². The first kappa shape index (κ1) is 11.0. The zero-order valence-corrected chi connectivity index (χ0v) is 7.10. The number of nitrogens with zero attached hydrogens (tertiary/aromatic N) is 2. The quantitative estimate of drug-likeness (QED) is 0.625. The van der Waals surface area contributed by atoms with Crippen molar-refractivity contribution in [1.82, 2.24) is 10.2 Å². The Bertz CT molecular complexity index is 259. The van der Waals surface area contributed by atoms with E-state index < -0.39 is 10.4 Å². The molecule has 0 aromatic carbocycles. The Morgan fingerprint density at radius 2 is 1.58 bits per heavy atom. The fraction of sp³-hybridized carbons (Fsp3) is 0.200. The van der Waals surface area contributed by atoms with Gasteiger partial charge in [0, 0.05) is 12.4 Å². The summed E-state index contributed by atoms with van der Waals surface area (Å²) in [5, 5.41) is 7.07. The molecule has 0 saturated heterocycles. The Morgan fingerprint density at radius 1 is 1.25 bits per heavy atom. The Kier molecular flexibility index (Phi) is 5.09. The summed E-state index contributed by atoms with van der Waals surface area (Å²) < 4.78 is 29.7. The summed E-state index contributed by atoms with van der Waals surface area (Å²) in [4.78, 5) is 0. The van der Waals surface area contributed by atoms with Gasteiger partial charge < -0.3 is 0 Å². The van der Waals surface area contributed by atoms with Crippen molar-refractivity contribution < 1.29 is 17.2 Å². The van der Waals surface area contributed by atoms with E-state index in [0.29, 0.717) is 0 Å². The molecule has 1 aromatic rings. The van der Waals surface area contributed by atoms with Gasteiger partial charge in [0.2, 0.25) is 0 Å². The van der Waals surface area contributed by atoms with Crippen molar-refractivity contribution in [3.8, 4) is 0 Å². The van der Waals surface area contributed by atoms with Crippen molar-refractivity contribution >= 4 is 10.4 Å². The molecule has 0 aliphatic carbocycles. The van der Waals surface area contributed by atoms with Crippen LogP contribution in [0.4, 0.5) is 0 Å². The van der Waals surface area contributed by atoms with Gasteiger partial charge >= 0.3 is 10.4 Å². The molecular weight excluding hydrogens is 184 g/mol. The number of aromatic nitrogens is 2. The molecule has 0 aliphatic heterocycles. The molecule has 1 heterocycles. The van der Waals surface area contributed by atoms with Crippen LogP contribution in [-0.2, 0) is 14.6 Å². The van der Waals surface area contributed by atoms with Crippen molar-refractivity contribution in [2.75, 3.05) is 7.11 Å². The van der Waals surface area contributed by atoms with E-state index in [2.05, 4.69) is 14.4 Å². The van der Waals surface area contributed by atoms with E-state index in [4.69, 9.17) is 4.55 Å². The first-order valence-electron chi connectivity index (χ1n) is 2.81. The normalized spacial score (nSPS) is 9.83. The van der Waals surface area contributed by atoms with E-state index in [-0.39, 0.29) is 0 Å². The van der Waals surface area contributed by atoms with Crippen LogP contribution in [0, 0.1) is 0 Å². The second-order valence-corrected chi connectivity index (χ2v) is 2.70. The predicted octanol–water partition coefficient (Wildman–Crippen LogP) is -0.0878. The van der Waals surface area contributed by atoms with Gasteiger partial charge in [-0.25, -0.2) is 0 Å². The summed E-state index contributed by atoms with van der Waals surface area (Å²) in [5.41, 5.74) is 0. The Hall–Kier alpha value is -1.05. The molecule has 1 aromatic heterocycles. The molecule has 0 atom stereocenters. The van der Waals surface area contributed by atoms with Gasteiger partial charge in [0.15, 0.2) is 0 Å². The Balaban J connectivity index is 0.000000202. The van der Waals surface area contributed by atoms with E-state index in [1.165, 1.54) is 0 Å². The Morgan fingerprint density at radius 3 is 1.67 bits per heavy atom. The molecule has 1 rings (SSSR count). The topological polar surface area (TPSA) is 89.4 Å². The van der Waals surface area contributed by atoms with Gasteiger partial charge in [-0.2, -0.15) is 18.6 Å². The molecular formula is C5H8N2O4S. The van der Waals surface area contributed by atoms with Crippen LogP contribution in [0.25, 0.3) is 0 Å². The molecule has 0 bridgehead atoms. The fourth-order valence-corrected chi connectivity index (χ4v) is 0.253. The molecule has 0 aliphatic rings. The average Bonchev–Trinajstić information content (AvgIpc) is 2.07. The van der Waals surface area contributed by atoms with Crippen molar-refractivity contribution in [3.63, 3.8) is 0 Å². The van der Waals surface area contributed by atoms with Gasteiger partial charge in [0.25, 0.3) is 0 Å². The van der Waals surface area contributed by atoms with Crippen LogP contribution in [0.2, 0.25) is 0 Å². The van der Waals surface area contributed by atoms with E-state index in [1.54, 1.807) is 12.4 Å². The van der Waals surface area contributed by atoms with Gasteiger partial charge in [-0.3, -0.25) is 8.74 Å². The van der Waals surface area contributed by atoms with Crippen LogP contribution in [0.1, 0.15) is 0 Å². The highest BCUT2D eigenvalue weighted by atomic mass is 32.3. The SMILES string of the molecule is COS(=O)(=O)O.c1ccnnc1. The van der Waals surface area contributed by atoms with Crippen molar-refractivity contribution in [3.05, 3.63) is 24.5 Å². The van der Waals surface area contributed by atoms with Crippen molar-refractivity contribution in [2.24, 2.45) is 0 Å². The zero-order chi connectivity index (χ0) is 9.45. The Labute approximate surface area is 70.2 Å². The lowest BCUT2D eigenvalue weighted by atomic mass is 10.6.